The summed E-state index contributed by atoms with van der Waals surface area (Å²) in [5.41, 5.74) is 0.215. The molecule has 7 nitrogen and oxygen atoms in total. The van der Waals surface area contributed by atoms with Crippen LogP contribution in [0.2, 0.25) is 0 Å². The second-order valence-electron chi connectivity index (χ2n) is 4.23. The summed E-state index contributed by atoms with van der Waals surface area (Å²) in [6, 6.07) is 10.7. The summed E-state index contributed by atoms with van der Waals surface area (Å²) >= 11 is 0. The highest BCUT2D eigenvalue weighted by Crippen LogP contribution is 2.24. The van der Waals surface area contributed by atoms with E-state index in [-0.39, 0.29) is 17.9 Å². The molecule has 0 saturated carbocycles. The van der Waals surface area contributed by atoms with Gasteiger partial charge in [0.2, 0.25) is 0 Å². The molecule has 1 heterocycles. The van der Waals surface area contributed by atoms with Crippen LogP contribution in [-0.4, -0.2) is 31.6 Å². The Balaban J connectivity index is 1.85. The molecule has 3 rings (SSSR count). The molecule has 1 aromatic heterocycles. The van der Waals surface area contributed by atoms with E-state index in [2.05, 4.69) is 25.9 Å². The van der Waals surface area contributed by atoms with Gasteiger partial charge in [0.15, 0.2) is 5.82 Å². The Hall–Kier alpha value is -2.96. The molecule has 3 N–H and O–H groups in total. The third-order valence-corrected chi connectivity index (χ3v) is 2.90. The molecule has 1 amide bonds. The van der Waals surface area contributed by atoms with Gasteiger partial charge in [0.25, 0.3) is 5.91 Å². The number of fused-ring (bicyclic) bond motifs is 1. The monoisotopic (exact) mass is 269 g/mol. The molecule has 0 atom stereocenters. The van der Waals surface area contributed by atoms with E-state index in [1.54, 1.807) is 12.1 Å². The number of aromatic hydroxyl groups is 1. The number of hydrogen-bond donors (Lipinski definition) is 3. The van der Waals surface area contributed by atoms with Crippen LogP contribution in [-0.2, 0) is 6.54 Å². The van der Waals surface area contributed by atoms with Crippen molar-refractivity contribution in [2.24, 2.45) is 0 Å². The Morgan fingerprint density at radius 3 is 2.70 bits per heavy atom. The fourth-order valence-electron chi connectivity index (χ4n) is 1.92. The molecule has 7 heteroatoms. The van der Waals surface area contributed by atoms with E-state index in [1.807, 2.05) is 24.3 Å². The number of benzene rings is 2. The summed E-state index contributed by atoms with van der Waals surface area (Å²) in [6.45, 7) is 0.140. The maximum absolute atomic E-state index is 12.0. The van der Waals surface area contributed by atoms with Gasteiger partial charge in [0.05, 0.1) is 12.1 Å². The largest absolute Gasteiger partial charge is 0.507 e. The van der Waals surface area contributed by atoms with Crippen LogP contribution in [0.25, 0.3) is 10.8 Å². The van der Waals surface area contributed by atoms with Gasteiger partial charge in [-0.25, -0.2) is 0 Å². The number of rotatable bonds is 3. The van der Waals surface area contributed by atoms with Crippen molar-refractivity contribution in [3.05, 3.63) is 47.8 Å². The minimum absolute atomic E-state index is 0.0608. The minimum Gasteiger partial charge on any atom is -0.507 e. The minimum atomic E-state index is -0.391. The first-order valence-electron chi connectivity index (χ1n) is 5.96. The smallest absolute Gasteiger partial charge is 0.255 e. The number of carbonyl (C=O) groups is 1. The lowest BCUT2D eigenvalue weighted by molar-refractivity contribution is 0.0947. The van der Waals surface area contributed by atoms with Crippen LogP contribution in [0.1, 0.15) is 16.2 Å². The second-order valence-corrected chi connectivity index (χ2v) is 4.23. The van der Waals surface area contributed by atoms with Crippen molar-refractivity contribution in [2.75, 3.05) is 0 Å². The van der Waals surface area contributed by atoms with Crippen LogP contribution in [0, 0.1) is 0 Å². The number of H-pyrrole nitrogens is 1. The topological polar surface area (TPSA) is 104 Å². The number of carbonyl (C=O) groups excluding carboxylic acids is 1. The summed E-state index contributed by atoms with van der Waals surface area (Å²) in [5, 5.41) is 27.5. The average Bonchev–Trinajstić information content (AvgIpc) is 2.97. The molecule has 0 saturated heterocycles. The molecule has 2 aromatic carbocycles. The number of phenols is 1. The first-order chi connectivity index (χ1) is 9.74. The Kier molecular flexibility index (Phi) is 3.00. The van der Waals surface area contributed by atoms with Crippen LogP contribution in [0.3, 0.4) is 0 Å². The van der Waals surface area contributed by atoms with E-state index in [4.69, 9.17) is 0 Å². The highest BCUT2D eigenvalue weighted by Gasteiger charge is 2.12. The summed E-state index contributed by atoms with van der Waals surface area (Å²) in [4.78, 5) is 12.0. The highest BCUT2D eigenvalue weighted by atomic mass is 16.3. The van der Waals surface area contributed by atoms with Gasteiger partial charge in [0.1, 0.15) is 5.75 Å². The van der Waals surface area contributed by atoms with Crippen molar-refractivity contribution in [3.8, 4) is 5.75 Å². The lowest BCUT2D eigenvalue weighted by Gasteiger charge is -2.07. The fraction of sp³-hybridized carbons (Fsp3) is 0.0769. The second kappa shape index (κ2) is 4.96. The third kappa shape index (κ3) is 2.28. The standard InChI is InChI=1S/C13H11N5O2/c19-11-6-9-4-2-1-3-8(9)5-10(11)13(20)14-7-12-15-17-18-16-12/h1-6,19H,7H2,(H,14,20)(H,15,16,17,18). The molecule has 0 radical (unpaired) electrons. The van der Waals surface area contributed by atoms with E-state index in [1.165, 1.54) is 0 Å². The Bertz CT molecular complexity index is 755. The molecule has 0 aliphatic heterocycles. The van der Waals surface area contributed by atoms with Gasteiger partial charge in [-0.2, -0.15) is 5.21 Å². The van der Waals surface area contributed by atoms with Gasteiger partial charge in [-0.05, 0) is 22.9 Å². The predicted octanol–water partition coefficient (Wildman–Crippen LogP) is 0.988. The van der Waals surface area contributed by atoms with E-state index in [9.17, 15) is 9.90 Å². The molecule has 20 heavy (non-hydrogen) atoms. The van der Waals surface area contributed by atoms with Crippen LogP contribution in [0.5, 0.6) is 5.75 Å². The molecule has 0 aliphatic carbocycles. The zero-order valence-electron chi connectivity index (χ0n) is 10.4. The number of hydrogen-bond acceptors (Lipinski definition) is 5. The van der Waals surface area contributed by atoms with Crippen molar-refractivity contribution in [1.82, 2.24) is 25.9 Å². The van der Waals surface area contributed by atoms with Crippen molar-refractivity contribution in [3.63, 3.8) is 0 Å². The zero-order chi connectivity index (χ0) is 13.9. The quantitative estimate of drug-likeness (QED) is 0.657. The highest BCUT2D eigenvalue weighted by molar-refractivity contribution is 6.01. The number of phenolic OH excluding ortho intramolecular Hbond substituents is 1. The van der Waals surface area contributed by atoms with E-state index in [0.29, 0.717) is 5.82 Å². The van der Waals surface area contributed by atoms with Gasteiger partial charge in [-0.1, -0.05) is 29.5 Å². The summed E-state index contributed by atoms with van der Waals surface area (Å²) in [7, 11) is 0. The van der Waals surface area contributed by atoms with Crippen LogP contribution in [0.4, 0.5) is 0 Å². The number of nitrogens with one attached hydrogen (secondary N) is 2. The third-order valence-electron chi connectivity index (χ3n) is 2.90. The van der Waals surface area contributed by atoms with Gasteiger partial charge in [-0.15, -0.1) is 10.2 Å². The Morgan fingerprint density at radius 2 is 2.00 bits per heavy atom. The molecular formula is C13H11N5O2. The van der Waals surface area contributed by atoms with Crippen molar-refractivity contribution in [1.29, 1.82) is 0 Å². The zero-order valence-corrected chi connectivity index (χ0v) is 10.4. The first-order valence-corrected chi connectivity index (χ1v) is 5.96. The van der Waals surface area contributed by atoms with E-state index >= 15 is 0 Å². The normalized spacial score (nSPS) is 10.6. The Labute approximate surface area is 113 Å². The molecule has 0 fully saturated rings. The van der Waals surface area contributed by atoms with Gasteiger partial charge < -0.3 is 10.4 Å². The number of aromatic amines is 1. The van der Waals surface area contributed by atoms with Crippen LogP contribution in [0.15, 0.2) is 36.4 Å². The fourth-order valence-corrected chi connectivity index (χ4v) is 1.92. The van der Waals surface area contributed by atoms with Crippen molar-refractivity contribution < 1.29 is 9.90 Å². The average molecular weight is 269 g/mol. The van der Waals surface area contributed by atoms with Crippen LogP contribution < -0.4 is 5.32 Å². The molecule has 3 aromatic rings. The lowest BCUT2D eigenvalue weighted by Crippen LogP contribution is -2.23. The maximum atomic E-state index is 12.0. The first kappa shape index (κ1) is 12.1. The molecule has 0 aliphatic rings. The SMILES string of the molecule is O=C(NCc1nn[nH]n1)c1cc2ccccc2cc1O. The van der Waals surface area contributed by atoms with E-state index in [0.717, 1.165) is 10.8 Å². The summed E-state index contributed by atoms with van der Waals surface area (Å²) in [5.74, 6) is -0.0778. The molecule has 0 unspecified atom stereocenters. The van der Waals surface area contributed by atoms with Gasteiger partial charge in [-0.3, -0.25) is 4.79 Å². The van der Waals surface area contributed by atoms with Crippen LogP contribution >= 0.6 is 0 Å². The number of nitrogens with zero attached hydrogens (tertiary/aromatic N) is 3. The number of tetrazole rings is 1. The number of amides is 1. The van der Waals surface area contributed by atoms with Crippen molar-refractivity contribution in [2.45, 2.75) is 6.54 Å². The molecule has 0 bridgehead atoms. The van der Waals surface area contributed by atoms with Gasteiger partial charge >= 0.3 is 0 Å². The summed E-state index contributed by atoms with van der Waals surface area (Å²) < 4.78 is 0. The number of aromatic nitrogens is 4. The van der Waals surface area contributed by atoms with Crippen molar-refractivity contribution >= 4 is 16.7 Å². The maximum Gasteiger partial charge on any atom is 0.255 e. The lowest BCUT2D eigenvalue weighted by atomic mass is 10.1. The van der Waals surface area contributed by atoms with E-state index < -0.39 is 5.91 Å². The summed E-state index contributed by atoms with van der Waals surface area (Å²) in [6.07, 6.45) is 0. The Morgan fingerprint density at radius 1 is 1.25 bits per heavy atom. The molecule has 0 spiro atoms. The molecular weight excluding hydrogens is 258 g/mol. The van der Waals surface area contributed by atoms with Gasteiger partial charge in [0, 0.05) is 0 Å². The predicted molar refractivity (Wildman–Crippen MR) is 71.0 cm³/mol. The molecule has 100 valence electrons.